The molecule has 1 unspecified atom stereocenters. The zero-order chi connectivity index (χ0) is 24.7. The maximum atomic E-state index is 13.5. The van der Waals surface area contributed by atoms with Gasteiger partial charge in [-0.2, -0.15) is 4.31 Å². The molecule has 1 aliphatic rings. The predicted molar refractivity (Wildman–Crippen MR) is 125 cm³/mol. The topological polar surface area (TPSA) is 102 Å². The van der Waals surface area contributed by atoms with Gasteiger partial charge in [-0.1, -0.05) is 18.2 Å². The van der Waals surface area contributed by atoms with E-state index in [9.17, 15) is 18.0 Å². The van der Waals surface area contributed by atoms with E-state index in [-0.39, 0.29) is 30.4 Å². The van der Waals surface area contributed by atoms with Crippen LogP contribution in [0.1, 0.15) is 18.4 Å². The Hall–Kier alpha value is -3.11. The van der Waals surface area contributed by atoms with E-state index in [1.807, 2.05) is 0 Å². The monoisotopic (exact) mass is 490 g/mol. The number of amides is 1. The van der Waals surface area contributed by atoms with Crippen LogP contribution in [0.5, 0.6) is 11.5 Å². The first-order chi connectivity index (χ1) is 16.3. The molecule has 0 aromatic heterocycles. The Labute approximate surface area is 200 Å². The van der Waals surface area contributed by atoms with Gasteiger partial charge in [0.2, 0.25) is 15.9 Å². The zero-order valence-corrected chi connectivity index (χ0v) is 20.4. The number of hydrogen-bond donors (Lipinski definition) is 0. The molecule has 1 aliphatic heterocycles. The lowest BCUT2D eigenvalue weighted by Crippen LogP contribution is -2.47. The molecule has 0 N–H and O–H groups in total. The van der Waals surface area contributed by atoms with Crippen LogP contribution in [0.4, 0.5) is 0 Å². The molecule has 0 bridgehead atoms. The molecule has 1 fully saturated rings. The largest absolute Gasteiger partial charge is 0.497 e. The van der Waals surface area contributed by atoms with Gasteiger partial charge in [-0.3, -0.25) is 9.59 Å². The summed E-state index contributed by atoms with van der Waals surface area (Å²) in [6.45, 7) is 0.250. The van der Waals surface area contributed by atoms with Crippen LogP contribution < -0.4 is 9.47 Å². The molecule has 2 aromatic carbocycles. The predicted octanol–water partition coefficient (Wildman–Crippen LogP) is 2.31. The summed E-state index contributed by atoms with van der Waals surface area (Å²) >= 11 is 0. The molecular formula is C24H30N2O7S. The van der Waals surface area contributed by atoms with Crippen LogP contribution >= 0.6 is 0 Å². The van der Waals surface area contributed by atoms with Crippen molar-refractivity contribution in [3.05, 3.63) is 54.1 Å². The first kappa shape index (κ1) is 25.5. The van der Waals surface area contributed by atoms with Gasteiger partial charge in [-0.25, -0.2) is 8.42 Å². The maximum absolute atomic E-state index is 13.5. The molecule has 1 atom stereocenters. The second-order valence-corrected chi connectivity index (χ2v) is 9.94. The maximum Gasteiger partial charge on any atom is 0.325 e. The van der Waals surface area contributed by atoms with E-state index in [0.29, 0.717) is 36.4 Å². The van der Waals surface area contributed by atoms with Crippen LogP contribution in [0.25, 0.3) is 0 Å². The molecular weight excluding hydrogens is 460 g/mol. The number of carbonyl (C=O) groups is 2. The van der Waals surface area contributed by atoms with Crippen LogP contribution in [0.15, 0.2) is 53.4 Å². The second-order valence-electron chi connectivity index (χ2n) is 8.01. The van der Waals surface area contributed by atoms with Crippen molar-refractivity contribution in [3.63, 3.8) is 0 Å². The molecule has 9 nitrogen and oxygen atoms in total. The van der Waals surface area contributed by atoms with Gasteiger partial charge in [0, 0.05) is 25.7 Å². The van der Waals surface area contributed by atoms with Gasteiger partial charge in [0.05, 0.1) is 32.1 Å². The number of methoxy groups -OCH3 is 3. The normalized spacial score (nSPS) is 16.5. The Balaban J connectivity index is 1.83. The molecule has 0 aliphatic carbocycles. The lowest BCUT2D eigenvalue weighted by molar-refractivity contribution is -0.149. The van der Waals surface area contributed by atoms with Gasteiger partial charge in [0.1, 0.15) is 18.0 Å². The Morgan fingerprint density at radius 1 is 1.03 bits per heavy atom. The quantitative estimate of drug-likeness (QED) is 0.497. The van der Waals surface area contributed by atoms with E-state index in [1.165, 1.54) is 30.5 Å². The molecule has 3 rings (SSSR count). The zero-order valence-electron chi connectivity index (χ0n) is 19.6. The third kappa shape index (κ3) is 6.06. The molecule has 184 valence electrons. The highest BCUT2D eigenvalue weighted by Gasteiger charge is 2.35. The average Bonchev–Trinajstić information content (AvgIpc) is 2.88. The third-order valence-corrected chi connectivity index (χ3v) is 7.64. The second kappa shape index (κ2) is 11.3. The SMILES string of the molecule is COC(=O)CN(Cc1cc(OC)cc(OC)c1)C(=O)C1CCCN(S(=O)(=O)c2ccccc2)C1. The highest BCUT2D eigenvalue weighted by Crippen LogP contribution is 2.27. The van der Waals surface area contributed by atoms with Crippen molar-refractivity contribution in [2.24, 2.45) is 5.92 Å². The lowest BCUT2D eigenvalue weighted by Gasteiger charge is -2.34. The van der Waals surface area contributed by atoms with Gasteiger partial charge in [-0.05, 0) is 42.7 Å². The highest BCUT2D eigenvalue weighted by molar-refractivity contribution is 7.89. The van der Waals surface area contributed by atoms with Crippen molar-refractivity contribution in [3.8, 4) is 11.5 Å². The Bertz CT molecular complexity index is 1080. The van der Waals surface area contributed by atoms with Crippen LogP contribution in [0.3, 0.4) is 0 Å². The number of carbonyl (C=O) groups excluding carboxylic acids is 2. The fourth-order valence-corrected chi connectivity index (χ4v) is 5.52. The number of esters is 1. The van der Waals surface area contributed by atoms with E-state index in [2.05, 4.69) is 0 Å². The van der Waals surface area contributed by atoms with Gasteiger partial charge in [0.25, 0.3) is 0 Å². The van der Waals surface area contributed by atoms with Crippen molar-refractivity contribution in [1.29, 1.82) is 0 Å². The Morgan fingerprint density at radius 3 is 2.26 bits per heavy atom. The van der Waals surface area contributed by atoms with Gasteiger partial charge < -0.3 is 19.1 Å². The lowest BCUT2D eigenvalue weighted by atomic mass is 9.97. The molecule has 10 heteroatoms. The number of hydrogen-bond acceptors (Lipinski definition) is 7. The molecule has 1 amide bonds. The summed E-state index contributed by atoms with van der Waals surface area (Å²) in [5.74, 6) is -0.340. The summed E-state index contributed by atoms with van der Waals surface area (Å²) in [5.41, 5.74) is 0.707. The molecule has 1 saturated heterocycles. The number of ether oxygens (including phenoxy) is 3. The summed E-state index contributed by atoms with van der Waals surface area (Å²) < 4.78 is 42.9. The van der Waals surface area contributed by atoms with Crippen LogP contribution in [-0.4, -0.2) is 70.5 Å². The summed E-state index contributed by atoms with van der Waals surface area (Å²) in [6, 6.07) is 13.4. The number of benzene rings is 2. The van der Waals surface area contributed by atoms with Crippen molar-refractivity contribution < 1.29 is 32.2 Å². The minimum Gasteiger partial charge on any atom is -0.497 e. The number of sulfonamides is 1. The standard InChI is InChI=1S/C24H30N2O7S/c1-31-20-12-18(13-21(14-20)32-2)15-25(17-23(27)33-3)24(28)19-8-7-11-26(16-19)34(29,30)22-9-5-4-6-10-22/h4-6,9-10,12-14,19H,7-8,11,15-17H2,1-3H3. The van der Waals surface area contributed by atoms with E-state index in [4.69, 9.17) is 14.2 Å². The van der Waals surface area contributed by atoms with Crippen molar-refractivity contribution >= 4 is 21.9 Å². The molecule has 1 heterocycles. The van der Waals surface area contributed by atoms with Crippen LogP contribution in [0, 0.1) is 5.92 Å². The molecule has 2 aromatic rings. The number of rotatable bonds is 9. The summed E-state index contributed by atoms with van der Waals surface area (Å²) in [7, 11) is 0.592. The summed E-state index contributed by atoms with van der Waals surface area (Å²) in [4.78, 5) is 27.2. The van der Waals surface area contributed by atoms with E-state index < -0.39 is 21.9 Å². The van der Waals surface area contributed by atoms with E-state index >= 15 is 0 Å². The minimum absolute atomic E-state index is 0.0508. The van der Waals surface area contributed by atoms with Crippen molar-refractivity contribution in [2.45, 2.75) is 24.3 Å². The smallest absolute Gasteiger partial charge is 0.325 e. The summed E-state index contributed by atoms with van der Waals surface area (Å²) in [6.07, 6.45) is 1.07. The molecule has 0 saturated carbocycles. The minimum atomic E-state index is -3.72. The first-order valence-corrected chi connectivity index (χ1v) is 12.3. The van der Waals surface area contributed by atoms with E-state index in [1.54, 1.807) is 48.5 Å². The third-order valence-electron chi connectivity index (χ3n) is 5.76. The van der Waals surface area contributed by atoms with Crippen molar-refractivity contribution in [1.82, 2.24) is 9.21 Å². The summed E-state index contributed by atoms with van der Waals surface area (Å²) in [5, 5.41) is 0. The van der Waals surface area contributed by atoms with Crippen LogP contribution in [0.2, 0.25) is 0 Å². The van der Waals surface area contributed by atoms with Gasteiger partial charge in [0.15, 0.2) is 0 Å². The average molecular weight is 491 g/mol. The Kier molecular flexibility index (Phi) is 8.51. The van der Waals surface area contributed by atoms with Gasteiger partial charge in [-0.15, -0.1) is 0 Å². The van der Waals surface area contributed by atoms with E-state index in [0.717, 1.165) is 0 Å². The molecule has 0 spiro atoms. The van der Waals surface area contributed by atoms with Crippen LogP contribution in [-0.2, 0) is 30.9 Å². The fraction of sp³-hybridized carbons (Fsp3) is 0.417. The molecule has 34 heavy (non-hydrogen) atoms. The Morgan fingerprint density at radius 2 is 1.68 bits per heavy atom. The molecule has 0 radical (unpaired) electrons. The van der Waals surface area contributed by atoms with Crippen molar-refractivity contribution in [2.75, 3.05) is 41.0 Å². The fourth-order valence-electron chi connectivity index (χ4n) is 3.97. The highest BCUT2D eigenvalue weighted by atomic mass is 32.2. The van der Waals surface area contributed by atoms with Gasteiger partial charge >= 0.3 is 5.97 Å². The number of nitrogens with zero attached hydrogens (tertiary/aromatic N) is 2. The number of piperidine rings is 1. The first-order valence-electron chi connectivity index (χ1n) is 10.9.